The van der Waals surface area contributed by atoms with Crippen LogP contribution < -0.4 is 4.90 Å². The molecule has 0 radical (unpaired) electrons. The van der Waals surface area contributed by atoms with Gasteiger partial charge in [-0.25, -0.2) is 4.79 Å². The summed E-state index contributed by atoms with van der Waals surface area (Å²) in [7, 11) is 0. The third-order valence-electron chi connectivity index (χ3n) is 3.34. The van der Waals surface area contributed by atoms with Crippen LogP contribution in [0.25, 0.3) is 0 Å². The number of anilines is 1. The molecular formula is C15H22BrN3O2. The Morgan fingerprint density at radius 2 is 2.14 bits per heavy atom. The average Bonchev–Trinajstić information content (AvgIpc) is 2.38. The van der Waals surface area contributed by atoms with E-state index in [0.717, 1.165) is 16.7 Å². The zero-order valence-electron chi connectivity index (χ0n) is 13.0. The highest BCUT2D eigenvalue weighted by Crippen LogP contribution is 2.28. The number of rotatable bonds is 1. The van der Waals surface area contributed by atoms with E-state index in [4.69, 9.17) is 4.74 Å². The van der Waals surface area contributed by atoms with Crippen LogP contribution in [0.15, 0.2) is 22.9 Å². The van der Waals surface area contributed by atoms with Gasteiger partial charge in [0, 0.05) is 38.1 Å². The molecule has 1 amide bonds. The number of hydrogen-bond acceptors (Lipinski definition) is 4. The summed E-state index contributed by atoms with van der Waals surface area (Å²) >= 11 is 3.53. The van der Waals surface area contributed by atoms with Crippen molar-refractivity contribution in [2.24, 2.45) is 0 Å². The number of carbonyl (C=O) groups is 1. The molecule has 0 saturated carbocycles. The van der Waals surface area contributed by atoms with E-state index >= 15 is 0 Å². The number of piperazine rings is 1. The van der Waals surface area contributed by atoms with Crippen LogP contribution in [0.1, 0.15) is 27.7 Å². The molecule has 1 aromatic rings. The fourth-order valence-corrected chi connectivity index (χ4v) is 2.89. The van der Waals surface area contributed by atoms with Crippen LogP contribution in [0.5, 0.6) is 0 Å². The van der Waals surface area contributed by atoms with Crippen molar-refractivity contribution in [1.82, 2.24) is 9.88 Å². The largest absolute Gasteiger partial charge is 0.444 e. The highest BCUT2D eigenvalue weighted by molar-refractivity contribution is 9.10. The van der Waals surface area contributed by atoms with E-state index in [1.54, 1.807) is 17.3 Å². The molecule has 1 aliphatic heterocycles. The van der Waals surface area contributed by atoms with Crippen LogP contribution in [0.2, 0.25) is 0 Å². The Balaban J connectivity index is 2.03. The molecule has 1 aromatic heterocycles. The quantitative estimate of drug-likeness (QED) is 0.775. The molecule has 2 heterocycles. The molecule has 21 heavy (non-hydrogen) atoms. The molecule has 116 valence electrons. The van der Waals surface area contributed by atoms with E-state index in [1.165, 1.54) is 0 Å². The Morgan fingerprint density at radius 1 is 1.43 bits per heavy atom. The predicted octanol–water partition coefficient (Wildman–Crippen LogP) is 3.29. The Bertz CT molecular complexity index is 516. The molecule has 0 aliphatic carbocycles. The third kappa shape index (κ3) is 4.09. The lowest BCUT2D eigenvalue weighted by Crippen LogP contribution is -2.54. The van der Waals surface area contributed by atoms with Crippen LogP contribution in [0.3, 0.4) is 0 Å². The van der Waals surface area contributed by atoms with E-state index < -0.39 is 5.60 Å². The SMILES string of the molecule is C[C@H]1CN(C(=O)OC(C)(C)C)CCN1c1ccncc1Br. The van der Waals surface area contributed by atoms with Crippen molar-refractivity contribution in [3.05, 3.63) is 22.9 Å². The van der Waals surface area contributed by atoms with Gasteiger partial charge in [-0.2, -0.15) is 0 Å². The van der Waals surface area contributed by atoms with E-state index in [9.17, 15) is 4.79 Å². The molecule has 0 N–H and O–H groups in total. The number of amides is 1. The van der Waals surface area contributed by atoms with Crippen molar-refractivity contribution >= 4 is 27.7 Å². The summed E-state index contributed by atoms with van der Waals surface area (Å²) in [4.78, 5) is 20.3. The van der Waals surface area contributed by atoms with Crippen molar-refractivity contribution in [1.29, 1.82) is 0 Å². The van der Waals surface area contributed by atoms with Gasteiger partial charge in [0.1, 0.15) is 5.60 Å². The maximum atomic E-state index is 12.1. The highest BCUT2D eigenvalue weighted by Gasteiger charge is 2.30. The molecule has 5 nitrogen and oxygen atoms in total. The lowest BCUT2D eigenvalue weighted by molar-refractivity contribution is 0.0219. The molecule has 0 bridgehead atoms. The third-order valence-corrected chi connectivity index (χ3v) is 3.95. The zero-order valence-corrected chi connectivity index (χ0v) is 14.6. The van der Waals surface area contributed by atoms with E-state index in [1.807, 2.05) is 26.8 Å². The molecule has 2 rings (SSSR count). The van der Waals surface area contributed by atoms with Crippen molar-refractivity contribution in [2.75, 3.05) is 24.5 Å². The van der Waals surface area contributed by atoms with Gasteiger partial charge in [-0.1, -0.05) is 0 Å². The molecule has 0 unspecified atom stereocenters. The standard InChI is InChI=1S/C15H22BrN3O2/c1-11-10-18(14(20)21-15(2,3)4)7-8-19(11)13-5-6-17-9-12(13)16/h5-6,9,11H,7-8,10H2,1-4H3/t11-/m0/s1. The van der Waals surface area contributed by atoms with E-state index in [-0.39, 0.29) is 12.1 Å². The number of carbonyl (C=O) groups excluding carboxylic acids is 1. The summed E-state index contributed by atoms with van der Waals surface area (Å²) in [5, 5.41) is 0. The number of nitrogens with zero attached hydrogens (tertiary/aromatic N) is 3. The molecule has 0 spiro atoms. The normalized spacial score (nSPS) is 19.6. The first-order valence-corrected chi connectivity index (χ1v) is 7.91. The second-order valence-electron chi connectivity index (χ2n) is 6.30. The van der Waals surface area contributed by atoms with Gasteiger partial charge in [-0.3, -0.25) is 4.98 Å². The lowest BCUT2D eigenvalue weighted by Gasteiger charge is -2.41. The second kappa shape index (κ2) is 6.22. The molecule has 6 heteroatoms. The minimum atomic E-state index is -0.453. The Kier molecular flexibility index (Phi) is 4.76. The number of pyridine rings is 1. The van der Waals surface area contributed by atoms with Gasteiger partial charge in [0.25, 0.3) is 0 Å². The van der Waals surface area contributed by atoms with Crippen LogP contribution in [0.4, 0.5) is 10.5 Å². The van der Waals surface area contributed by atoms with Crippen LogP contribution in [-0.4, -0.2) is 47.3 Å². The van der Waals surface area contributed by atoms with E-state index in [0.29, 0.717) is 13.1 Å². The van der Waals surface area contributed by atoms with Crippen LogP contribution in [0, 0.1) is 0 Å². The summed E-state index contributed by atoms with van der Waals surface area (Å²) in [6.07, 6.45) is 3.35. The van der Waals surface area contributed by atoms with Gasteiger partial charge in [-0.15, -0.1) is 0 Å². The first-order chi connectivity index (χ1) is 9.78. The lowest BCUT2D eigenvalue weighted by atomic mass is 10.1. The van der Waals surface area contributed by atoms with Gasteiger partial charge < -0.3 is 14.5 Å². The van der Waals surface area contributed by atoms with Gasteiger partial charge in [-0.05, 0) is 49.7 Å². The average molecular weight is 356 g/mol. The number of halogens is 1. The fraction of sp³-hybridized carbons (Fsp3) is 0.600. The molecule has 1 saturated heterocycles. The summed E-state index contributed by atoms with van der Waals surface area (Å²) in [6, 6.07) is 2.22. The maximum absolute atomic E-state index is 12.1. The summed E-state index contributed by atoms with van der Waals surface area (Å²) in [6.45, 7) is 9.88. The molecule has 1 atom stereocenters. The minimum Gasteiger partial charge on any atom is -0.444 e. The molecule has 0 aromatic carbocycles. The van der Waals surface area contributed by atoms with Crippen molar-refractivity contribution < 1.29 is 9.53 Å². The minimum absolute atomic E-state index is 0.227. The molecule has 1 fully saturated rings. The monoisotopic (exact) mass is 355 g/mol. The molecular weight excluding hydrogens is 334 g/mol. The first kappa shape index (κ1) is 16.1. The summed E-state index contributed by atoms with van der Waals surface area (Å²) < 4.78 is 6.41. The number of aromatic nitrogens is 1. The number of ether oxygens (including phenoxy) is 1. The van der Waals surface area contributed by atoms with Gasteiger partial charge in [0.15, 0.2) is 0 Å². The van der Waals surface area contributed by atoms with Crippen molar-refractivity contribution in [3.8, 4) is 0 Å². The van der Waals surface area contributed by atoms with Gasteiger partial charge in [0.2, 0.25) is 0 Å². The van der Waals surface area contributed by atoms with Crippen molar-refractivity contribution in [2.45, 2.75) is 39.3 Å². The topological polar surface area (TPSA) is 45.7 Å². The van der Waals surface area contributed by atoms with Gasteiger partial charge in [0.05, 0.1) is 10.2 Å². The Hall–Kier alpha value is -1.30. The first-order valence-electron chi connectivity index (χ1n) is 7.12. The Morgan fingerprint density at radius 3 is 2.71 bits per heavy atom. The molecule has 1 aliphatic rings. The second-order valence-corrected chi connectivity index (χ2v) is 7.15. The fourth-order valence-electron chi connectivity index (χ4n) is 2.41. The van der Waals surface area contributed by atoms with E-state index in [2.05, 4.69) is 32.7 Å². The maximum Gasteiger partial charge on any atom is 0.410 e. The summed E-state index contributed by atoms with van der Waals surface area (Å²) in [5.74, 6) is 0. The zero-order chi connectivity index (χ0) is 15.6. The summed E-state index contributed by atoms with van der Waals surface area (Å²) in [5.41, 5.74) is 0.660. The predicted molar refractivity (Wildman–Crippen MR) is 86.6 cm³/mol. The van der Waals surface area contributed by atoms with Crippen LogP contribution in [-0.2, 0) is 4.74 Å². The highest BCUT2D eigenvalue weighted by atomic mass is 79.9. The number of hydrogen-bond donors (Lipinski definition) is 0. The smallest absolute Gasteiger partial charge is 0.410 e. The Labute approximate surface area is 134 Å². The van der Waals surface area contributed by atoms with Crippen molar-refractivity contribution in [3.63, 3.8) is 0 Å². The van der Waals surface area contributed by atoms with Crippen LogP contribution >= 0.6 is 15.9 Å². The van der Waals surface area contributed by atoms with Gasteiger partial charge >= 0.3 is 6.09 Å².